The molecule has 0 saturated carbocycles. The van der Waals surface area contributed by atoms with Crippen LogP contribution in [-0.2, 0) is 19.9 Å². The third-order valence-electron chi connectivity index (χ3n) is 4.69. The molecule has 0 unspecified atom stereocenters. The molecule has 0 N–H and O–H groups in total. The molecule has 0 amide bonds. The Morgan fingerprint density at radius 3 is 2.65 bits per heavy atom. The lowest BCUT2D eigenvalue weighted by atomic mass is 10.0. The van der Waals surface area contributed by atoms with Gasteiger partial charge in [0, 0.05) is 13.5 Å². The maximum atomic E-state index is 12.5. The fraction of sp³-hybridized carbons (Fsp3) is 0.273. The summed E-state index contributed by atoms with van der Waals surface area (Å²) in [5.74, 6) is 1.24. The molecule has 0 aliphatic carbocycles. The first-order chi connectivity index (χ1) is 12.5. The topological polar surface area (TPSA) is 48.0 Å². The van der Waals surface area contributed by atoms with Crippen LogP contribution >= 0.6 is 0 Å². The van der Waals surface area contributed by atoms with Gasteiger partial charge in [-0.3, -0.25) is 4.79 Å². The zero-order valence-electron chi connectivity index (χ0n) is 15.3. The van der Waals surface area contributed by atoms with E-state index in [0.29, 0.717) is 23.3 Å². The molecule has 0 atom stereocenters. The predicted octanol–water partition coefficient (Wildman–Crippen LogP) is 4.47. The zero-order chi connectivity index (χ0) is 18.3. The molecule has 26 heavy (non-hydrogen) atoms. The highest BCUT2D eigenvalue weighted by Crippen LogP contribution is 2.26. The largest absolute Gasteiger partial charge is 0.459 e. The third-order valence-corrected chi connectivity index (χ3v) is 4.69. The zero-order valence-corrected chi connectivity index (χ0v) is 15.3. The van der Waals surface area contributed by atoms with Crippen molar-refractivity contribution in [1.29, 1.82) is 0 Å². The van der Waals surface area contributed by atoms with Crippen LogP contribution in [0, 0.1) is 5.92 Å². The molecular formula is C22H22N2O2. The lowest BCUT2D eigenvalue weighted by Crippen LogP contribution is -2.21. The Hall–Kier alpha value is -2.88. The average molecular weight is 346 g/mol. The van der Waals surface area contributed by atoms with Crippen molar-refractivity contribution in [3.8, 4) is 0 Å². The lowest BCUT2D eigenvalue weighted by molar-refractivity contribution is 0.538. The van der Waals surface area contributed by atoms with Gasteiger partial charge in [0.2, 0.25) is 0 Å². The van der Waals surface area contributed by atoms with Crippen LogP contribution in [0.5, 0.6) is 0 Å². The second kappa shape index (κ2) is 6.45. The summed E-state index contributed by atoms with van der Waals surface area (Å²) in [7, 11) is 1.70. The highest BCUT2D eigenvalue weighted by molar-refractivity contribution is 5.86. The minimum Gasteiger partial charge on any atom is -0.459 e. The van der Waals surface area contributed by atoms with Crippen molar-refractivity contribution in [2.24, 2.45) is 13.0 Å². The van der Waals surface area contributed by atoms with Gasteiger partial charge in [-0.05, 0) is 34.7 Å². The Morgan fingerprint density at radius 2 is 1.85 bits per heavy atom. The van der Waals surface area contributed by atoms with E-state index in [2.05, 4.69) is 49.3 Å². The molecule has 0 aliphatic rings. The van der Waals surface area contributed by atoms with E-state index in [1.807, 2.05) is 18.2 Å². The first kappa shape index (κ1) is 16.6. The summed E-state index contributed by atoms with van der Waals surface area (Å²) in [6.07, 6.45) is 1.44. The molecule has 2 heterocycles. The predicted molar refractivity (Wildman–Crippen MR) is 105 cm³/mol. The van der Waals surface area contributed by atoms with E-state index in [4.69, 9.17) is 4.42 Å². The van der Waals surface area contributed by atoms with E-state index >= 15 is 0 Å². The van der Waals surface area contributed by atoms with Crippen molar-refractivity contribution in [3.05, 3.63) is 75.9 Å². The number of benzene rings is 2. The van der Waals surface area contributed by atoms with Crippen molar-refractivity contribution >= 4 is 21.7 Å². The average Bonchev–Trinajstić information content (AvgIpc) is 3.04. The van der Waals surface area contributed by atoms with Gasteiger partial charge < -0.3 is 4.42 Å². The van der Waals surface area contributed by atoms with Gasteiger partial charge >= 0.3 is 0 Å². The molecular weight excluding hydrogens is 324 g/mol. The van der Waals surface area contributed by atoms with Crippen LogP contribution in [0.4, 0.5) is 0 Å². The Morgan fingerprint density at radius 1 is 1.08 bits per heavy atom. The van der Waals surface area contributed by atoms with Crippen LogP contribution in [0.2, 0.25) is 0 Å². The van der Waals surface area contributed by atoms with Gasteiger partial charge in [0.05, 0.1) is 5.39 Å². The molecule has 4 heteroatoms. The van der Waals surface area contributed by atoms with E-state index in [-0.39, 0.29) is 5.56 Å². The molecule has 4 nitrogen and oxygen atoms in total. The fourth-order valence-electron chi connectivity index (χ4n) is 3.50. The summed E-state index contributed by atoms with van der Waals surface area (Å²) >= 11 is 0. The minimum absolute atomic E-state index is 0.111. The van der Waals surface area contributed by atoms with Crippen LogP contribution in [-0.4, -0.2) is 9.78 Å². The van der Waals surface area contributed by atoms with Crippen molar-refractivity contribution in [3.63, 3.8) is 0 Å². The van der Waals surface area contributed by atoms with Crippen molar-refractivity contribution in [1.82, 2.24) is 9.78 Å². The van der Waals surface area contributed by atoms with Gasteiger partial charge in [-0.1, -0.05) is 56.3 Å². The van der Waals surface area contributed by atoms with Crippen LogP contribution in [0.1, 0.15) is 30.9 Å². The van der Waals surface area contributed by atoms with Gasteiger partial charge in [0.15, 0.2) is 5.58 Å². The van der Waals surface area contributed by atoms with E-state index in [0.717, 1.165) is 17.9 Å². The third kappa shape index (κ3) is 2.92. The number of nitrogens with zero attached hydrogens (tertiary/aromatic N) is 2. The molecule has 2 aromatic heterocycles. The fourth-order valence-corrected chi connectivity index (χ4v) is 3.50. The molecule has 132 valence electrons. The van der Waals surface area contributed by atoms with E-state index < -0.39 is 0 Å². The van der Waals surface area contributed by atoms with Crippen molar-refractivity contribution < 1.29 is 4.42 Å². The molecule has 0 fully saturated rings. The second-order valence-electron chi connectivity index (χ2n) is 7.24. The van der Waals surface area contributed by atoms with Crippen LogP contribution in [0.3, 0.4) is 0 Å². The summed E-state index contributed by atoms with van der Waals surface area (Å²) in [5.41, 5.74) is 2.57. The molecule has 0 saturated heterocycles. The number of hydrogen-bond acceptors (Lipinski definition) is 3. The summed E-state index contributed by atoms with van der Waals surface area (Å²) in [6, 6.07) is 16.5. The quantitative estimate of drug-likeness (QED) is 0.548. The van der Waals surface area contributed by atoms with Gasteiger partial charge in [-0.2, -0.15) is 5.10 Å². The summed E-state index contributed by atoms with van der Waals surface area (Å²) in [4.78, 5) is 12.5. The van der Waals surface area contributed by atoms with Crippen molar-refractivity contribution in [2.75, 3.05) is 0 Å². The molecule has 2 aromatic carbocycles. The maximum Gasteiger partial charge on any atom is 0.277 e. The maximum absolute atomic E-state index is 12.5. The smallest absolute Gasteiger partial charge is 0.277 e. The highest BCUT2D eigenvalue weighted by Gasteiger charge is 2.16. The number of aryl methyl sites for hydroxylation is 1. The first-order valence-corrected chi connectivity index (χ1v) is 8.98. The number of rotatable bonds is 4. The molecule has 0 radical (unpaired) electrons. The Labute approximate surface area is 152 Å². The van der Waals surface area contributed by atoms with E-state index in [1.54, 1.807) is 7.05 Å². The summed E-state index contributed by atoms with van der Waals surface area (Å²) < 4.78 is 7.53. The molecule has 0 spiro atoms. The van der Waals surface area contributed by atoms with Gasteiger partial charge in [-0.25, -0.2) is 4.68 Å². The SMILES string of the molecule is CC(C)Cc1nn(C)c(=O)c2cc(Cc3cccc4ccccc34)oc12. The standard InChI is InChI=1S/C22H22N2O2/c1-14(2)11-20-21-19(22(25)24(3)23-20)13-17(26-21)12-16-9-6-8-15-7-4-5-10-18(15)16/h4-10,13-14H,11-12H2,1-3H3. The number of hydrogen-bond donors (Lipinski definition) is 0. The van der Waals surface area contributed by atoms with E-state index in [1.165, 1.54) is 21.0 Å². The summed E-state index contributed by atoms with van der Waals surface area (Å²) in [6.45, 7) is 4.27. The van der Waals surface area contributed by atoms with E-state index in [9.17, 15) is 4.79 Å². The molecule has 4 aromatic rings. The summed E-state index contributed by atoms with van der Waals surface area (Å²) in [5, 5.41) is 7.46. The van der Waals surface area contributed by atoms with Crippen LogP contribution in [0.15, 0.2) is 57.7 Å². The Bertz CT molecular complexity index is 1150. The van der Waals surface area contributed by atoms with Gasteiger partial charge in [-0.15, -0.1) is 0 Å². The monoisotopic (exact) mass is 346 g/mol. The van der Waals surface area contributed by atoms with Gasteiger partial charge in [0.25, 0.3) is 5.56 Å². The Balaban J connectivity index is 1.82. The normalized spacial score (nSPS) is 11.7. The van der Waals surface area contributed by atoms with Crippen molar-refractivity contribution in [2.45, 2.75) is 26.7 Å². The molecule has 0 aliphatic heterocycles. The lowest BCUT2D eigenvalue weighted by Gasteiger charge is -2.06. The minimum atomic E-state index is -0.111. The van der Waals surface area contributed by atoms with Crippen LogP contribution < -0.4 is 5.56 Å². The molecule has 0 bridgehead atoms. The highest BCUT2D eigenvalue weighted by atomic mass is 16.3. The second-order valence-corrected chi connectivity index (χ2v) is 7.24. The Kier molecular flexibility index (Phi) is 4.11. The van der Waals surface area contributed by atoms with Crippen LogP contribution in [0.25, 0.3) is 21.7 Å². The first-order valence-electron chi connectivity index (χ1n) is 8.98. The number of aromatic nitrogens is 2. The number of fused-ring (bicyclic) bond motifs is 2. The number of furan rings is 1. The van der Waals surface area contributed by atoms with Gasteiger partial charge in [0.1, 0.15) is 11.5 Å². The molecule has 4 rings (SSSR count).